The molecule has 1 unspecified atom stereocenters. The fourth-order valence-corrected chi connectivity index (χ4v) is 9.81. The molecule has 0 radical (unpaired) electrons. The average Bonchev–Trinajstić information content (AvgIpc) is 3.01. The molecule has 0 aromatic heterocycles. The summed E-state index contributed by atoms with van der Waals surface area (Å²) >= 11 is 0. The summed E-state index contributed by atoms with van der Waals surface area (Å²) in [6.45, 7) is 5.54. The third-order valence-electron chi connectivity index (χ3n) is 10.8. The number of amides is 2. The topological polar surface area (TPSA) is 86.8 Å². The van der Waals surface area contributed by atoms with Gasteiger partial charge < -0.3 is 10.2 Å². The predicted octanol–water partition coefficient (Wildman–Crippen LogP) is 6.39. The second-order valence-electron chi connectivity index (χ2n) is 14.8. The van der Waals surface area contributed by atoms with E-state index in [4.69, 9.17) is 0 Å². The van der Waals surface area contributed by atoms with Gasteiger partial charge in [-0.25, -0.2) is 8.42 Å². The maximum atomic E-state index is 14.4. The lowest BCUT2D eigenvalue weighted by Crippen LogP contribution is -2.54. The van der Waals surface area contributed by atoms with Gasteiger partial charge in [0.2, 0.25) is 21.8 Å². The van der Waals surface area contributed by atoms with Crippen LogP contribution in [-0.2, 0) is 38.0 Å². The van der Waals surface area contributed by atoms with Crippen LogP contribution in [0.3, 0.4) is 0 Å². The summed E-state index contributed by atoms with van der Waals surface area (Å²) < 4.78 is 27.8. The van der Waals surface area contributed by atoms with E-state index in [1.807, 2.05) is 87.5 Å². The van der Waals surface area contributed by atoms with Crippen LogP contribution in [0.25, 0.3) is 0 Å². The molecule has 47 heavy (non-hydrogen) atoms. The maximum Gasteiger partial charge on any atom is 0.244 e. The molecule has 0 aliphatic heterocycles. The van der Waals surface area contributed by atoms with Gasteiger partial charge in [0.1, 0.15) is 12.6 Å². The quantitative estimate of drug-likeness (QED) is 0.245. The largest absolute Gasteiger partial charge is 0.352 e. The molecule has 7 nitrogen and oxygen atoms in total. The van der Waals surface area contributed by atoms with E-state index in [0.717, 1.165) is 40.7 Å². The molecule has 4 aliphatic carbocycles. The van der Waals surface area contributed by atoms with Crippen LogP contribution in [0.2, 0.25) is 0 Å². The van der Waals surface area contributed by atoms with Gasteiger partial charge in [0, 0.05) is 19.0 Å². The number of nitrogens with one attached hydrogen (secondary N) is 1. The van der Waals surface area contributed by atoms with E-state index < -0.39 is 28.5 Å². The van der Waals surface area contributed by atoms with Gasteiger partial charge in [0.25, 0.3) is 0 Å². The molecule has 4 aliphatic rings. The Morgan fingerprint density at radius 3 is 1.98 bits per heavy atom. The van der Waals surface area contributed by atoms with E-state index in [0.29, 0.717) is 12.1 Å². The first-order chi connectivity index (χ1) is 22.4. The molecule has 0 saturated heterocycles. The third-order valence-corrected chi connectivity index (χ3v) is 11.9. The lowest BCUT2D eigenvalue weighted by molar-refractivity contribution is -0.140. The second kappa shape index (κ2) is 13.5. The van der Waals surface area contributed by atoms with Gasteiger partial charge in [0.15, 0.2) is 0 Å². The zero-order valence-electron chi connectivity index (χ0n) is 28.2. The van der Waals surface area contributed by atoms with Crippen LogP contribution in [0, 0.1) is 24.7 Å². The fraction of sp³-hybridized carbons (Fsp3) is 0.487. The first kappa shape index (κ1) is 33.3. The molecular weight excluding hydrogens is 607 g/mol. The molecule has 0 heterocycles. The van der Waals surface area contributed by atoms with Crippen LogP contribution in [0.4, 0.5) is 5.69 Å². The number of rotatable bonds is 12. The minimum absolute atomic E-state index is 0.129. The van der Waals surface area contributed by atoms with Gasteiger partial charge in [-0.1, -0.05) is 66.7 Å². The van der Waals surface area contributed by atoms with Gasteiger partial charge in [-0.05, 0) is 117 Å². The van der Waals surface area contributed by atoms with E-state index >= 15 is 0 Å². The Bertz CT molecular complexity index is 1650. The first-order valence-corrected chi connectivity index (χ1v) is 19.0. The van der Waals surface area contributed by atoms with Crippen LogP contribution in [0.5, 0.6) is 0 Å². The van der Waals surface area contributed by atoms with Crippen LogP contribution in [0.1, 0.15) is 74.6 Å². The molecule has 250 valence electrons. The summed E-state index contributed by atoms with van der Waals surface area (Å²) in [7, 11) is -3.82. The highest BCUT2D eigenvalue weighted by Crippen LogP contribution is 2.60. The molecule has 3 aromatic carbocycles. The number of benzene rings is 3. The zero-order chi connectivity index (χ0) is 33.3. The van der Waals surface area contributed by atoms with Crippen molar-refractivity contribution in [2.45, 2.75) is 89.8 Å². The van der Waals surface area contributed by atoms with E-state index in [-0.39, 0.29) is 23.9 Å². The summed E-state index contributed by atoms with van der Waals surface area (Å²) in [4.78, 5) is 29.8. The Morgan fingerprint density at radius 2 is 1.43 bits per heavy atom. The van der Waals surface area contributed by atoms with Crippen molar-refractivity contribution >= 4 is 27.5 Å². The van der Waals surface area contributed by atoms with Crippen molar-refractivity contribution in [3.8, 4) is 0 Å². The van der Waals surface area contributed by atoms with Crippen molar-refractivity contribution in [3.63, 3.8) is 0 Å². The van der Waals surface area contributed by atoms with Gasteiger partial charge in [0.05, 0.1) is 11.9 Å². The molecule has 3 aromatic rings. The Balaban J connectivity index is 1.31. The maximum absolute atomic E-state index is 14.4. The molecular formula is C39H49N3O4S. The standard InChI is InChI=1S/C39H49N3O4S/c1-27(2)40-38(44)36(21-29-11-6-5-7-12-29)41(25-33-13-9-8-10-28(33)3)37(43)26-42(47(4,45)46)35-16-14-34(15-17-35)39-22-30-18-31(23-39)20-32(19-30)24-39/h5-17,27,30-32,36H,18-26H2,1-4H3,(H,40,44). The predicted molar refractivity (Wildman–Crippen MR) is 187 cm³/mol. The number of hydrogen-bond donors (Lipinski definition) is 1. The van der Waals surface area contributed by atoms with Crippen molar-refractivity contribution in [1.29, 1.82) is 0 Å². The number of carbonyl (C=O) groups is 2. The molecule has 1 atom stereocenters. The van der Waals surface area contributed by atoms with Crippen LogP contribution < -0.4 is 9.62 Å². The van der Waals surface area contributed by atoms with Gasteiger partial charge >= 0.3 is 0 Å². The smallest absolute Gasteiger partial charge is 0.244 e. The first-order valence-electron chi connectivity index (χ1n) is 17.2. The van der Waals surface area contributed by atoms with Gasteiger partial charge in [-0.3, -0.25) is 13.9 Å². The van der Waals surface area contributed by atoms with E-state index in [2.05, 4.69) is 17.4 Å². The van der Waals surface area contributed by atoms with Crippen molar-refractivity contribution in [3.05, 3.63) is 101 Å². The lowest BCUT2D eigenvalue weighted by Gasteiger charge is -2.57. The minimum Gasteiger partial charge on any atom is -0.352 e. The van der Waals surface area contributed by atoms with Crippen molar-refractivity contribution in [2.75, 3.05) is 17.1 Å². The number of sulfonamides is 1. The highest BCUT2D eigenvalue weighted by molar-refractivity contribution is 7.92. The highest BCUT2D eigenvalue weighted by atomic mass is 32.2. The summed E-state index contributed by atoms with van der Waals surface area (Å²) in [5, 5.41) is 3.01. The summed E-state index contributed by atoms with van der Waals surface area (Å²) in [5.74, 6) is 1.73. The summed E-state index contributed by atoms with van der Waals surface area (Å²) in [6.07, 6.45) is 9.20. The molecule has 1 N–H and O–H groups in total. The Kier molecular flexibility index (Phi) is 9.52. The van der Waals surface area contributed by atoms with E-state index in [9.17, 15) is 18.0 Å². The highest BCUT2D eigenvalue weighted by Gasteiger charge is 2.51. The molecule has 4 fully saturated rings. The zero-order valence-corrected chi connectivity index (χ0v) is 29.0. The molecule has 0 spiro atoms. The van der Waals surface area contributed by atoms with Crippen LogP contribution >= 0.6 is 0 Å². The van der Waals surface area contributed by atoms with Crippen molar-refractivity contribution < 1.29 is 18.0 Å². The number of nitrogens with zero attached hydrogens (tertiary/aromatic N) is 2. The molecule has 4 saturated carbocycles. The van der Waals surface area contributed by atoms with Gasteiger partial charge in [-0.15, -0.1) is 0 Å². The molecule has 4 bridgehead atoms. The SMILES string of the molecule is Cc1ccccc1CN(C(=O)CN(c1ccc(C23CC4CC(CC(C4)C2)C3)cc1)S(C)(=O)=O)C(Cc1ccccc1)C(=O)NC(C)C. The molecule has 8 heteroatoms. The second-order valence-corrected chi connectivity index (χ2v) is 16.7. The Hall–Kier alpha value is -3.65. The number of hydrogen-bond acceptors (Lipinski definition) is 4. The normalized spacial score (nSPS) is 23.8. The molecule has 7 rings (SSSR count). The Morgan fingerprint density at radius 1 is 0.851 bits per heavy atom. The fourth-order valence-electron chi connectivity index (χ4n) is 8.96. The van der Waals surface area contributed by atoms with Crippen LogP contribution in [-0.4, -0.2) is 50.0 Å². The number of anilines is 1. The van der Waals surface area contributed by atoms with Gasteiger partial charge in [-0.2, -0.15) is 0 Å². The van der Waals surface area contributed by atoms with E-state index in [1.54, 1.807) is 4.90 Å². The summed E-state index contributed by atoms with van der Waals surface area (Å²) in [6, 6.07) is 24.4. The van der Waals surface area contributed by atoms with Crippen molar-refractivity contribution in [2.24, 2.45) is 17.8 Å². The summed E-state index contributed by atoms with van der Waals surface area (Å²) in [5.41, 5.74) is 4.78. The number of carbonyl (C=O) groups excluding carboxylic acids is 2. The van der Waals surface area contributed by atoms with E-state index in [1.165, 1.54) is 48.4 Å². The monoisotopic (exact) mass is 655 g/mol. The van der Waals surface area contributed by atoms with Crippen molar-refractivity contribution in [1.82, 2.24) is 10.2 Å². The average molecular weight is 656 g/mol. The lowest BCUT2D eigenvalue weighted by atomic mass is 9.48. The van der Waals surface area contributed by atoms with Crippen LogP contribution in [0.15, 0.2) is 78.9 Å². The third kappa shape index (κ3) is 7.43. The Labute approximate surface area is 280 Å². The molecule has 2 amide bonds. The number of aryl methyl sites for hydroxylation is 1. The minimum atomic E-state index is -3.82.